The molecule has 0 saturated heterocycles. The fourth-order valence-corrected chi connectivity index (χ4v) is 4.89. The topological polar surface area (TPSA) is 114 Å². The minimum atomic E-state index is -2.81. The van der Waals surface area contributed by atoms with Gasteiger partial charge in [0.15, 0.2) is 11.6 Å². The zero-order chi connectivity index (χ0) is 25.9. The van der Waals surface area contributed by atoms with Gasteiger partial charge < -0.3 is 10.2 Å². The van der Waals surface area contributed by atoms with Crippen LogP contribution in [0.4, 0.5) is 42.0 Å². The number of halogens is 3. The highest BCUT2D eigenvalue weighted by atomic mass is 19.3. The predicted molar refractivity (Wildman–Crippen MR) is 130 cm³/mol. The van der Waals surface area contributed by atoms with Gasteiger partial charge >= 0.3 is 0 Å². The van der Waals surface area contributed by atoms with Crippen LogP contribution in [0.2, 0.25) is 0 Å². The molecular formula is C25H19F3N8O. The van der Waals surface area contributed by atoms with E-state index in [0.29, 0.717) is 28.0 Å². The van der Waals surface area contributed by atoms with Crippen LogP contribution < -0.4 is 15.1 Å². The number of nitriles is 1. The molecule has 0 bridgehead atoms. The lowest BCUT2D eigenvalue weighted by molar-refractivity contribution is -0.121. The Morgan fingerprint density at radius 1 is 1.22 bits per heavy atom. The van der Waals surface area contributed by atoms with Crippen LogP contribution in [0.3, 0.4) is 0 Å². The quantitative estimate of drug-likeness (QED) is 0.411. The van der Waals surface area contributed by atoms with Gasteiger partial charge in [0.2, 0.25) is 5.95 Å². The summed E-state index contributed by atoms with van der Waals surface area (Å²) in [5.74, 6) is -3.29. The van der Waals surface area contributed by atoms with E-state index in [-0.39, 0.29) is 23.2 Å². The van der Waals surface area contributed by atoms with Gasteiger partial charge in [0.1, 0.15) is 17.2 Å². The van der Waals surface area contributed by atoms with Crippen LogP contribution in [0.1, 0.15) is 25.3 Å². The van der Waals surface area contributed by atoms with Gasteiger partial charge in [-0.15, -0.1) is 0 Å². The van der Waals surface area contributed by atoms with E-state index in [2.05, 4.69) is 31.6 Å². The Bertz CT molecular complexity index is 1590. The summed E-state index contributed by atoms with van der Waals surface area (Å²) in [5, 5.41) is 19.3. The number of anilines is 5. The van der Waals surface area contributed by atoms with E-state index in [4.69, 9.17) is 0 Å². The average molecular weight is 504 g/mol. The van der Waals surface area contributed by atoms with E-state index in [0.717, 1.165) is 0 Å². The number of aromatic amines is 1. The Labute approximate surface area is 208 Å². The Kier molecular flexibility index (Phi) is 5.04. The third-order valence-corrected chi connectivity index (χ3v) is 6.68. The predicted octanol–water partition coefficient (Wildman–Crippen LogP) is 4.78. The number of benzene rings is 2. The maximum atomic E-state index is 14.4. The number of carbonyl (C=O) groups excluding carboxylic acids is 1. The summed E-state index contributed by atoms with van der Waals surface area (Å²) in [6.07, 6.45) is 2.10. The largest absolute Gasteiger partial charge is 0.339 e. The van der Waals surface area contributed by atoms with Gasteiger partial charge in [-0.2, -0.15) is 15.3 Å². The van der Waals surface area contributed by atoms with Gasteiger partial charge in [0.25, 0.3) is 11.8 Å². The molecule has 186 valence electrons. The second-order valence-electron chi connectivity index (χ2n) is 9.16. The monoisotopic (exact) mass is 504 g/mol. The zero-order valence-corrected chi connectivity index (χ0v) is 19.4. The van der Waals surface area contributed by atoms with Gasteiger partial charge in [-0.25, -0.2) is 18.2 Å². The molecule has 2 aromatic carbocycles. The lowest BCUT2D eigenvalue weighted by atomic mass is 9.85. The van der Waals surface area contributed by atoms with Gasteiger partial charge in [-0.3, -0.25) is 14.8 Å². The molecule has 2 aliphatic rings. The van der Waals surface area contributed by atoms with E-state index in [1.54, 1.807) is 42.2 Å². The summed E-state index contributed by atoms with van der Waals surface area (Å²) in [6, 6.07) is 10.1. The summed E-state index contributed by atoms with van der Waals surface area (Å²) in [7, 11) is 0. The highest BCUT2D eigenvalue weighted by molar-refractivity contribution is 6.10. The lowest BCUT2D eigenvalue weighted by Gasteiger charge is -2.49. The molecule has 1 aliphatic heterocycles. The maximum Gasteiger partial charge on any atom is 0.254 e. The standard InChI is InChI=1S/C25H19F3N8O/c1-13-23(37)36(17-4-2-3-14(5-17)10-29)20-12-30-24(33-22(20)35(13)18-8-25(27,28)9-18)32-16-6-15-11-31-34-21(15)19(26)7-16/h2-7,11-13,18H,8-9H2,1H3,(H,31,34)(H,30,32,33)/t13-/m1/s1. The van der Waals surface area contributed by atoms with Gasteiger partial charge in [0.05, 0.1) is 29.7 Å². The van der Waals surface area contributed by atoms with Crippen molar-refractivity contribution in [3.63, 3.8) is 0 Å². The number of aromatic nitrogens is 4. The normalized spacial score (nSPS) is 18.9. The molecule has 3 heterocycles. The van der Waals surface area contributed by atoms with Gasteiger partial charge in [-0.1, -0.05) is 6.07 Å². The van der Waals surface area contributed by atoms with Crippen LogP contribution in [0.5, 0.6) is 0 Å². The fraction of sp³-hybridized carbons (Fsp3) is 0.240. The molecule has 1 aliphatic carbocycles. The molecule has 2 aromatic heterocycles. The minimum Gasteiger partial charge on any atom is -0.339 e. The number of fused-ring (bicyclic) bond motifs is 2. The molecule has 9 nitrogen and oxygen atoms in total. The molecule has 1 amide bonds. The van der Waals surface area contributed by atoms with E-state index in [1.165, 1.54) is 23.4 Å². The van der Waals surface area contributed by atoms with E-state index in [1.807, 2.05) is 0 Å². The van der Waals surface area contributed by atoms with Crippen LogP contribution in [-0.4, -0.2) is 44.1 Å². The third-order valence-electron chi connectivity index (χ3n) is 6.68. The number of nitrogens with one attached hydrogen (secondary N) is 2. The van der Waals surface area contributed by atoms with Gasteiger partial charge in [-0.05, 0) is 37.3 Å². The lowest BCUT2D eigenvalue weighted by Crippen LogP contribution is -2.60. The second kappa shape index (κ2) is 8.19. The van der Waals surface area contributed by atoms with Crippen molar-refractivity contribution in [2.75, 3.05) is 15.1 Å². The first kappa shape index (κ1) is 22.8. The van der Waals surface area contributed by atoms with Crippen molar-refractivity contribution in [2.24, 2.45) is 0 Å². The molecule has 6 rings (SSSR count). The number of amides is 1. The van der Waals surface area contributed by atoms with Crippen molar-refractivity contribution >= 4 is 45.6 Å². The number of H-pyrrole nitrogens is 1. The highest BCUT2D eigenvalue weighted by Gasteiger charge is 2.52. The van der Waals surface area contributed by atoms with Crippen LogP contribution >= 0.6 is 0 Å². The van der Waals surface area contributed by atoms with Crippen molar-refractivity contribution < 1.29 is 18.0 Å². The number of carbonyl (C=O) groups is 1. The maximum absolute atomic E-state index is 14.4. The van der Waals surface area contributed by atoms with Crippen LogP contribution in [-0.2, 0) is 4.79 Å². The SMILES string of the molecule is C[C@@H]1C(=O)N(c2cccc(C#N)c2)c2cnc(Nc3cc(F)c4[nH]ncc4c3)nc2N1C1CC(F)(F)C1. The molecule has 0 radical (unpaired) electrons. The first-order valence-electron chi connectivity index (χ1n) is 11.5. The molecule has 4 aromatic rings. The number of hydrogen-bond acceptors (Lipinski definition) is 7. The summed E-state index contributed by atoms with van der Waals surface area (Å²) in [6.45, 7) is 1.64. The molecule has 1 atom stereocenters. The number of nitrogens with zero attached hydrogens (tertiary/aromatic N) is 6. The van der Waals surface area contributed by atoms with E-state index in [9.17, 15) is 23.2 Å². The van der Waals surface area contributed by atoms with Crippen LogP contribution in [0.25, 0.3) is 10.9 Å². The first-order valence-corrected chi connectivity index (χ1v) is 11.5. The van der Waals surface area contributed by atoms with E-state index >= 15 is 0 Å². The van der Waals surface area contributed by atoms with Crippen LogP contribution in [0.15, 0.2) is 48.8 Å². The highest BCUT2D eigenvalue weighted by Crippen LogP contribution is 2.47. The fourth-order valence-electron chi connectivity index (χ4n) is 4.89. The van der Waals surface area contributed by atoms with Crippen LogP contribution in [0, 0.1) is 17.1 Å². The second-order valence-corrected chi connectivity index (χ2v) is 9.16. The smallest absolute Gasteiger partial charge is 0.254 e. The molecule has 1 saturated carbocycles. The number of rotatable bonds is 4. The Morgan fingerprint density at radius 3 is 2.78 bits per heavy atom. The average Bonchev–Trinajstić information content (AvgIpc) is 3.33. The summed E-state index contributed by atoms with van der Waals surface area (Å²) < 4.78 is 42.1. The summed E-state index contributed by atoms with van der Waals surface area (Å²) in [5.41, 5.74) is 1.72. The molecule has 0 spiro atoms. The number of hydrogen-bond donors (Lipinski definition) is 2. The Morgan fingerprint density at radius 2 is 2.03 bits per heavy atom. The molecule has 12 heteroatoms. The van der Waals surface area contributed by atoms with Gasteiger partial charge in [0, 0.05) is 30.0 Å². The molecule has 1 fully saturated rings. The molecule has 2 N–H and O–H groups in total. The van der Waals surface area contributed by atoms with Crippen molar-refractivity contribution in [3.05, 3.63) is 60.2 Å². The third kappa shape index (κ3) is 3.79. The van der Waals surface area contributed by atoms with Crippen molar-refractivity contribution in [3.8, 4) is 6.07 Å². The van der Waals surface area contributed by atoms with Crippen molar-refractivity contribution in [1.82, 2.24) is 20.2 Å². The van der Waals surface area contributed by atoms with E-state index < -0.39 is 36.7 Å². The molecule has 37 heavy (non-hydrogen) atoms. The zero-order valence-electron chi connectivity index (χ0n) is 19.4. The Hall–Kier alpha value is -4.66. The molecule has 0 unspecified atom stereocenters. The molecular weight excluding hydrogens is 485 g/mol. The summed E-state index contributed by atoms with van der Waals surface area (Å²) >= 11 is 0. The Balaban J connectivity index is 1.44. The van der Waals surface area contributed by atoms with Crippen molar-refractivity contribution in [1.29, 1.82) is 5.26 Å². The minimum absolute atomic E-state index is 0.101. The van der Waals surface area contributed by atoms with Crippen molar-refractivity contribution in [2.45, 2.75) is 37.8 Å². The first-order chi connectivity index (χ1) is 17.7. The number of alkyl halides is 2. The summed E-state index contributed by atoms with van der Waals surface area (Å²) in [4.78, 5) is 25.4.